The molecule has 2 aliphatic heterocycles. The first-order valence-electron chi connectivity index (χ1n) is 15.1. The van der Waals surface area contributed by atoms with Crippen LogP contribution in [0.3, 0.4) is 0 Å². The van der Waals surface area contributed by atoms with Gasteiger partial charge in [-0.05, 0) is 68.9 Å². The van der Waals surface area contributed by atoms with Gasteiger partial charge >= 0.3 is 5.97 Å². The Hall–Kier alpha value is -2.74. The Kier molecular flexibility index (Phi) is 7.74. The van der Waals surface area contributed by atoms with E-state index in [9.17, 15) is 14.7 Å². The van der Waals surface area contributed by atoms with Crippen molar-refractivity contribution in [2.75, 3.05) is 7.11 Å². The monoisotopic (exact) mass is 534 g/mol. The molecule has 4 aliphatic rings. The van der Waals surface area contributed by atoms with Gasteiger partial charge in [-0.2, -0.15) is 0 Å². The number of hydrogen-bond donors (Lipinski definition) is 1. The summed E-state index contributed by atoms with van der Waals surface area (Å²) in [6, 6.07) is 9.61. The second-order valence-corrected chi connectivity index (χ2v) is 12.4. The lowest BCUT2D eigenvalue weighted by atomic mass is 9.73. The molecule has 8 heteroatoms. The van der Waals surface area contributed by atoms with E-state index in [1.165, 1.54) is 71.3 Å². The number of aromatic nitrogens is 2. The van der Waals surface area contributed by atoms with Crippen molar-refractivity contribution in [3.05, 3.63) is 40.3 Å². The maximum Gasteiger partial charge on any atom is 0.303 e. The molecule has 0 amide bonds. The molecule has 6 rings (SSSR count). The van der Waals surface area contributed by atoms with Crippen LogP contribution in [0.25, 0.3) is 11.0 Å². The Labute approximate surface area is 230 Å². The molecule has 2 aromatic rings. The summed E-state index contributed by atoms with van der Waals surface area (Å²) in [6.07, 6.45) is 15.4. The van der Waals surface area contributed by atoms with Crippen molar-refractivity contribution in [1.82, 2.24) is 14.5 Å². The maximum absolute atomic E-state index is 14.1. The van der Waals surface area contributed by atoms with Crippen LogP contribution in [-0.4, -0.2) is 56.5 Å². The predicted molar refractivity (Wildman–Crippen MR) is 151 cm³/mol. The van der Waals surface area contributed by atoms with E-state index < -0.39 is 5.97 Å². The van der Waals surface area contributed by atoms with Crippen LogP contribution in [0.4, 0.5) is 0 Å². The Morgan fingerprint density at radius 1 is 0.923 bits per heavy atom. The molecular weight excluding hydrogens is 492 g/mol. The van der Waals surface area contributed by atoms with Gasteiger partial charge in [0.15, 0.2) is 5.69 Å². The van der Waals surface area contributed by atoms with Crippen molar-refractivity contribution in [3.63, 3.8) is 0 Å². The zero-order valence-corrected chi connectivity index (χ0v) is 23.1. The van der Waals surface area contributed by atoms with Crippen LogP contribution in [0.15, 0.2) is 34.2 Å². The predicted octanol–water partition coefficient (Wildman–Crippen LogP) is 5.53. The molecule has 0 radical (unpaired) electrons. The molecule has 1 aromatic carbocycles. The summed E-state index contributed by atoms with van der Waals surface area (Å²) in [5.74, 6) is 0.851. The summed E-state index contributed by atoms with van der Waals surface area (Å²) < 4.78 is 1.97. The van der Waals surface area contributed by atoms with Gasteiger partial charge in [-0.3, -0.25) is 14.5 Å². The van der Waals surface area contributed by atoms with Gasteiger partial charge in [0.25, 0.3) is 5.56 Å². The van der Waals surface area contributed by atoms with Gasteiger partial charge in [0, 0.05) is 30.6 Å². The Bertz CT molecular complexity index is 1260. The van der Waals surface area contributed by atoms with Crippen LogP contribution < -0.4 is 5.56 Å². The molecular formula is C31H42N4O4. The van der Waals surface area contributed by atoms with E-state index in [0.29, 0.717) is 23.8 Å². The molecule has 210 valence electrons. The zero-order chi connectivity index (χ0) is 26.9. The quantitative estimate of drug-likeness (QED) is 0.371. The van der Waals surface area contributed by atoms with Gasteiger partial charge < -0.3 is 14.5 Å². The largest absolute Gasteiger partial charge is 0.481 e. The van der Waals surface area contributed by atoms with Crippen LogP contribution in [-0.2, 0) is 9.63 Å². The number of nitrogens with zero attached hydrogens (tertiary/aromatic N) is 4. The molecule has 2 saturated heterocycles. The van der Waals surface area contributed by atoms with E-state index in [0.717, 1.165) is 35.7 Å². The number of benzene rings is 1. The number of aliphatic carboxylic acids is 1. The highest BCUT2D eigenvalue weighted by molar-refractivity contribution is 6.00. The van der Waals surface area contributed by atoms with Crippen molar-refractivity contribution in [3.8, 4) is 0 Å². The summed E-state index contributed by atoms with van der Waals surface area (Å²) in [5.41, 5.74) is 1.90. The van der Waals surface area contributed by atoms with Gasteiger partial charge in [-0.1, -0.05) is 49.4 Å². The van der Waals surface area contributed by atoms with E-state index >= 15 is 0 Å². The van der Waals surface area contributed by atoms with Crippen molar-refractivity contribution in [2.45, 2.75) is 114 Å². The smallest absolute Gasteiger partial charge is 0.303 e. The SMILES string of the molecule is CO/N=C(\CCC(=O)O)c1nc2ccccc2n(C2CC3CCCC(C2)N3C2CC3CCCCC(C3)C2)c1=O. The number of carboxylic acid groups (broad SMARTS) is 1. The lowest BCUT2D eigenvalue weighted by Gasteiger charge is -2.54. The Balaban J connectivity index is 1.34. The number of rotatable bonds is 7. The van der Waals surface area contributed by atoms with Crippen LogP contribution in [0.2, 0.25) is 0 Å². The lowest BCUT2D eigenvalue weighted by Crippen LogP contribution is -2.58. The van der Waals surface area contributed by atoms with Crippen molar-refractivity contribution in [1.29, 1.82) is 0 Å². The highest BCUT2D eigenvalue weighted by Gasteiger charge is 2.45. The van der Waals surface area contributed by atoms with E-state index in [1.54, 1.807) is 0 Å². The number of hydrogen-bond acceptors (Lipinski definition) is 6. The van der Waals surface area contributed by atoms with Crippen molar-refractivity contribution >= 4 is 22.7 Å². The van der Waals surface area contributed by atoms with Crippen LogP contribution in [0.5, 0.6) is 0 Å². The van der Waals surface area contributed by atoms with Gasteiger partial charge in [0.2, 0.25) is 0 Å². The van der Waals surface area contributed by atoms with E-state index in [1.807, 2.05) is 28.8 Å². The average molecular weight is 535 g/mol. The molecule has 2 aliphatic carbocycles. The molecule has 4 atom stereocenters. The molecule has 3 heterocycles. The van der Waals surface area contributed by atoms with E-state index in [4.69, 9.17) is 4.84 Å². The lowest BCUT2D eigenvalue weighted by molar-refractivity contribution is -0.136. The standard InChI is InChI=1S/C31H42N4O4/c1-39-33-27(13-14-29(36)37)30-31(38)35(28-12-5-4-11-26(28)32-30)25-18-22-9-6-10-23(19-25)34(22)24-16-20-7-2-3-8-21(15-20)17-24/h4-5,11-12,20-25H,2-3,6-10,13-19H2,1H3,(H,36,37)/b33-27+. The van der Waals surface area contributed by atoms with Gasteiger partial charge in [0.1, 0.15) is 12.8 Å². The van der Waals surface area contributed by atoms with Crippen molar-refractivity contribution in [2.24, 2.45) is 17.0 Å². The van der Waals surface area contributed by atoms with Crippen LogP contribution in [0.1, 0.15) is 102 Å². The molecule has 4 fully saturated rings. The summed E-state index contributed by atoms with van der Waals surface area (Å²) in [6.45, 7) is 0. The first-order valence-corrected chi connectivity index (χ1v) is 15.1. The highest BCUT2D eigenvalue weighted by Crippen LogP contribution is 2.47. The number of fused-ring (bicyclic) bond motifs is 5. The minimum Gasteiger partial charge on any atom is -0.481 e. The summed E-state index contributed by atoms with van der Waals surface area (Å²) >= 11 is 0. The molecule has 4 unspecified atom stereocenters. The minimum absolute atomic E-state index is 0.0878. The number of piperidine rings is 2. The Morgan fingerprint density at radius 2 is 1.62 bits per heavy atom. The molecule has 2 saturated carbocycles. The second-order valence-electron chi connectivity index (χ2n) is 12.4. The van der Waals surface area contributed by atoms with Crippen molar-refractivity contribution < 1.29 is 14.7 Å². The minimum atomic E-state index is -0.942. The Morgan fingerprint density at radius 3 is 2.28 bits per heavy atom. The number of oxime groups is 1. The molecule has 4 bridgehead atoms. The fourth-order valence-electron chi connectivity index (χ4n) is 8.55. The fraction of sp³-hybridized carbons (Fsp3) is 0.677. The summed E-state index contributed by atoms with van der Waals surface area (Å²) in [7, 11) is 1.42. The van der Waals surface area contributed by atoms with Crippen LogP contribution in [0, 0.1) is 11.8 Å². The topological polar surface area (TPSA) is 97.0 Å². The summed E-state index contributed by atoms with van der Waals surface area (Å²) in [5, 5.41) is 13.3. The fourth-order valence-corrected chi connectivity index (χ4v) is 8.55. The third-order valence-electron chi connectivity index (χ3n) is 9.99. The van der Waals surface area contributed by atoms with Gasteiger partial charge in [-0.25, -0.2) is 4.98 Å². The van der Waals surface area contributed by atoms with Gasteiger partial charge in [0.05, 0.1) is 17.5 Å². The molecule has 0 spiro atoms. The van der Waals surface area contributed by atoms with E-state index in [2.05, 4.69) is 15.0 Å². The molecule has 1 aromatic heterocycles. The maximum atomic E-state index is 14.1. The second kappa shape index (κ2) is 11.4. The third kappa shape index (κ3) is 5.37. The van der Waals surface area contributed by atoms with Gasteiger partial charge in [-0.15, -0.1) is 0 Å². The summed E-state index contributed by atoms with van der Waals surface area (Å²) in [4.78, 5) is 38.0. The normalized spacial score (nSPS) is 31.6. The first-order chi connectivity index (χ1) is 19.0. The number of carbonyl (C=O) groups is 1. The molecule has 8 nitrogen and oxygen atoms in total. The number of carboxylic acids is 1. The molecule has 39 heavy (non-hydrogen) atoms. The third-order valence-corrected chi connectivity index (χ3v) is 9.99. The molecule has 1 N–H and O–H groups in total. The highest BCUT2D eigenvalue weighted by atomic mass is 16.6. The average Bonchev–Trinajstić information content (AvgIpc) is 3.09. The van der Waals surface area contributed by atoms with Crippen LogP contribution >= 0.6 is 0 Å². The number of para-hydroxylation sites is 2. The van der Waals surface area contributed by atoms with E-state index in [-0.39, 0.29) is 30.1 Å². The first kappa shape index (κ1) is 26.5. The zero-order valence-electron chi connectivity index (χ0n) is 23.1.